The van der Waals surface area contributed by atoms with Crippen molar-refractivity contribution in [3.63, 3.8) is 0 Å². The van der Waals surface area contributed by atoms with Crippen LogP contribution in [0.15, 0.2) is 30.3 Å². The van der Waals surface area contributed by atoms with Crippen LogP contribution in [0.25, 0.3) is 0 Å². The van der Waals surface area contributed by atoms with Crippen molar-refractivity contribution >= 4 is 23.6 Å². The van der Waals surface area contributed by atoms with E-state index in [9.17, 15) is 14.9 Å². The molecule has 0 unspecified atom stereocenters. The van der Waals surface area contributed by atoms with Gasteiger partial charge in [0.1, 0.15) is 29.2 Å². The van der Waals surface area contributed by atoms with E-state index in [-0.39, 0.29) is 35.0 Å². The maximum absolute atomic E-state index is 13.7. The molecular formula is C42H52ClN5O4. The van der Waals surface area contributed by atoms with Crippen LogP contribution in [0.2, 0.25) is 5.02 Å². The number of benzene rings is 1. The minimum atomic E-state index is -0.456. The molecule has 0 bridgehead atoms. The number of halogens is 1. The second-order valence-corrected chi connectivity index (χ2v) is 18.5. The van der Waals surface area contributed by atoms with Crippen LogP contribution in [-0.4, -0.2) is 81.7 Å². The van der Waals surface area contributed by atoms with Gasteiger partial charge in [-0.1, -0.05) is 45.2 Å². The lowest BCUT2D eigenvalue weighted by Crippen LogP contribution is -2.74. The summed E-state index contributed by atoms with van der Waals surface area (Å²) in [5.41, 5.74) is 1.81. The molecule has 3 aliphatic heterocycles. The third-order valence-corrected chi connectivity index (χ3v) is 12.7. The van der Waals surface area contributed by atoms with Gasteiger partial charge < -0.3 is 19.3 Å². The normalized spacial score (nSPS) is 27.4. The number of amides is 2. The first-order valence-electron chi connectivity index (χ1n) is 18.9. The van der Waals surface area contributed by atoms with Gasteiger partial charge in [0.05, 0.1) is 28.4 Å². The lowest BCUT2D eigenvalue weighted by molar-refractivity contribution is -0.199. The van der Waals surface area contributed by atoms with E-state index in [1.54, 1.807) is 18.2 Å². The summed E-state index contributed by atoms with van der Waals surface area (Å²) in [7, 11) is 0. The summed E-state index contributed by atoms with van der Waals surface area (Å²) in [4.78, 5) is 37.6. The molecule has 2 saturated heterocycles. The third-order valence-electron chi connectivity index (χ3n) is 12.3. The summed E-state index contributed by atoms with van der Waals surface area (Å²) < 4.78 is 12.1. The number of piperidine rings is 1. The Hall–Kier alpha value is -3.79. The zero-order valence-electron chi connectivity index (χ0n) is 31.7. The van der Waals surface area contributed by atoms with E-state index >= 15 is 0 Å². The molecule has 10 heteroatoms. The van der Waals surface area contributed by atoms with E-state index in [0.717, 1.165) is 76.1 Å². The number of nitriles is 1. The molecule has 276 valence electrons. The summed E-state index contributed by atoms with van der Waals surface area (Å²) in [5, 5.41) is 9.61. The SMILES string of the molecule is CC(C)(C)OC(=O)N1CCC2(CC1)CN(C1CCC(C#Cc3ccc4c(n3)CN([C@H]3C(C)(C)[C@H](Oc5ccc(C#N)c(Cl)c5)C3(C)C)C4=O)CC1)C2. The average Bonchev–Trinajstić information content (AvgIpc) is 3.38. The number of carbonyl (C=O) groups excluding carboxylic acids is 2. The molecule has 9 nitrogen and oxygen atoms in total. The quantitative estimate of drug-likeness (QED) is 0.298. The third kappa shape index (κ3) is 6.76. The van der Waals surface area contributed by atoms with Crippen LogP contribution >= 0.6 is 11.6 Å². The molecule has 2 amide bonds. The van der Waals surface area contributed by atoms with Gasteiger partial charge in [-0.05, 0) is 94.9 Å². The minimum Gasteiger partial charge on any atom is -0.489 e. The van der Waals surface area contributed by atoms with Crippen molar-refractivity contribution in [3.05, 3.63) is 57.9 Å². The average molecular weight is 726 g/mol. The lowest BCUT2D eigenvalue weighted by atomic mass is 9.49. The molecule has 2 saturated carbocycles. The number of aromatic nitrogens is 1. The number of nitrogens with zero attached hydrogens (tertiary/aromatic N) is 5. The smallest absolute Gasteiger partial charge is 0.410 e. The number of fused-ring (bicyclic) bond motifs is 1. The molecule has 2 aromatic rings. The van der Waals surface area contributed by atoms with Gasteiger partial charge in [0.25, 0.3) is 5.91 Å². The van der Waals surface area contributed by atoms with Crippen molar-refractivity contribution < 1.29 is 19.1 Å². The molecule has 52 heavy (non-hydrogen) atoms. The van der Waals surface area contributed by atoms with E-state index in [4.69, 9.17) is 26.1 Å². The monoisotopic (exact) mass is 725 g/mol. The molecule has 1 aromatic carbocycles. The molecule has 2 aliphatic carbocycles. The summed E-state index contributed by atoms with van der Waals surface area (Å²) in [5.74, 6) is 7.86. The first kappa shape index (κ1) is 36.6. The fraction of sp³-hybridized carbons (Fsp3) is 0.619. The van der Waals surface area contributed by atoms with Crippen molar-refractivity contribution in [2.45, 2.75) is 117 Å². The van der Waals surface area contributed by atoms with Crippen molar-refractivity contribution in [1.82, 2.24) is 19.7 Å². The molecule has 4 heterocycles. The molecule has 0 N–H and O–H groups in total. The number of likely N-dealkylation sites (tertiary alicyclic amines) is 2. The Morgan fingerprint density at radius 1 is 1.00 bits per heavy atom. The summed E-state index contributed by atoms with van der Waals surface area (Å²) >= 11 is 6.28. The first-order chi connectivity index (χ1) is 24.5. The van der Waals surface area contributed by atoms with E-state index in [1.165, 1.54) is 0 Å². The topological polar surface area (TPSA) is 99.0 Å². The molecule has 4 fully saturated rings. The van der Waals surface area contributed by atoms with E-state index in [2.05, 4.69) is 50.5 Å². The predicted molar refractivity (Wildman–Crippen MR) is 200 cm³/mol. The van der Waals surface area contributed by atoms with Crippen LogP contribution in [0.4, 0.5) is 4.79 Å². The van der Waals surface area contributed by atoms with Crippen molar-refractivity contribution in [3.8, 4) is 23.7 Å². The molecule has 7 rings (SSSR count). The van der Waals surface area contributed by atoms with Gasteiger partial charge in [-0.3, -0.25) is 9.69 Å². The maximum Gasteiger partial charge on any atom is 0.410 e. The highest BCUT2D eigenvalue weighted by Gasteiger charge is 2.67. The van der Waals surface area contributed by atoms with Gasteiger partial charge in [-0.2, -0.15) is 5.26 Å². The first-order valence-corrected chi connectivity index (χ1v) is 19.3. The van der Waals surface area contributed by atoms with Gasteiger partial charge in [0, 0.05) is 61.1 Å². The molecule has 5 aliphatic rings. The predicted octanol–water partition coefficient (Wildman–Crippen LogP) is 7.69. The van der Waals surface area contributed by atoms with Gasteiger partial charge in [-0.15, -0.1) is 0 Å². The van der Waals surface area contributed by atoms with Crippen LogP contribution in [0.1, 0.15) is 114 Å². The fourth-order valence-electron chi connectivity index (χ4n) is 10.1. The number of hydrogen-bond acceptors (Lipinski definition) is 7. The van der Waals surface area contributed by atoms with Crippen LogP contribution < -0.4 is 4.74 Å². The second-order valence-electron chi connectivity index (χ2n) is 18.1. The molecular weight excluding hydrogens is 674 g/mol. The fourth-order valence-corrected chi connectivity index (χ4v) is 10.3. The molecule has 1 spiro atoms. The van der Waals surface area contributed by atoms with Crippen LogP contribution in [0, 0.1) is 45.3 Å². The van der Waals surface area contributed by atoms with E-state index < -0.39 is 5.60 Å². The largest absolute Gasteiger partial charge is 0.489 e. The maximum atomic E-state index is 13.7. The Kier molecular flexibility index (Phi) is 9.32. The van der Waals surface area contributed by atoms with Crippen LogP contribution in [0.3, 0.4) is 0 Å². The van der Waals surface area contributed by atoms with E-state index in [0.29, 0.717) is 45.8 Å². The highest BCUT2D eigenvalue weighted by atomic mass is 35.5. The molecule has 0 atom stereocenters. The summed E-state index contributed by atoms with van der Waals surface area (Å²) in [6, 6.07) is 11.6. The van der Waals surface area contributed by atoms with Crippen molar-refractivity contribution in [2.75, 3.05) is 26.2 Å². The standard InChI is InChI=1S/C42H52ClN5O4/c1-39(2,3)52-38(50)46-20-18-42(19-21-46)25-47(26-42)30-14-9-27(10-15-30)8-12-29-13-17-32-34(45-29)24-48(35(32)49)36-40(4,5)37(41(36,6)7)51-31-16-11-28(23-44)33(43)22-31/h11,13,16-17,22,27,30,36-37H,9-10,14-15,18-21,24-26H2,1-7H3/t27?,30?,36-,37-. The molecule has 1 aromatic heterocycles. The van der Waals surface area contributed by atoms with Crippen LogP contribution in [-0.2, 0) is 11.3 Å². The number of ether oxygens (including phenoxy) is 2. The Labute approximate surface area is 314 Å². The highest BCUT2D eigenvalue weighted by molar-refractivity contribution is 6.31. The van der Waals surface area contributed by atoms with Crippen molar-refractivity contribution in [1.29, 1.82) is 5.26 Å². The Morgan fingerprint density at radius 3 is 2.29 bits per heavy atom. The van der Waals surface area contributed by atoms with Gasteiger partial charge in [-0.25, -0.2) is 9.78 Å². The number of rotatable bonds is 4. The Balaban J connectivity index is 0.905. The minimum absolute atomic E-state index is 0.00715. The van der Waals surface area contributed by atoms with Gasteiger partial charge in [0.15, 0.2) is 0 Å². The summed E-state index contributed by atoms with van der Waals surface area (Å²) in [6.45, 7) is 18.6. The zero-order chi connectivity index (χ0) is 37.2. The van der Waals surface area contributed by atoms with Gasteiger partial charge in [0.2, 0.25) is 0 Å². The molecule has 0 radical (unpaired) electrons. The number of pyridine rings is 1. The Bertz CT molecular complexity index is 1830. The number of carbonyl (C=O) groups is 2. The Morgan fingerprint density at radius 2 is 1.67 bits per heavy atom. The van der Waals surface area contributed by atoms with E-state index in [1.807, 2.05) is 42.7 Å². The lowest BCUT2D eigenvalue weighted by Gasteiger charge is -2.65. The van der Waals surface area contributed by atoms with Crippen LogP contribution in [0.5, 0.6) is 5.75 Å². The number of hydrogen-bond donors (Lipinski definition) is 0. The second kappa shape index (κ2) is 13.3. The summed E-state index contributed by atoms with van der Waals surface area (Å²) in [6.07, 6.45) is 6.28. The zero-order valence-corrected chi connectivity index (χ0v) is 32.5. The highest BCUT2D eigenvalue weighted by Crippen LogP contribution is 2.59. The van der Waals surface area contributed by atoms with Gasteiger partial charge >= 0.3 is 6.09 Å². The van der Waals surface area contributed by atoms with Crippen molar-refractivity contribution in [2.24, 2.45) is 22.2 Å².